The number of nitrogens with zero attached hydrogens (tertiary/aromatic N) is 4. The van der Waals surface area contributed by atoms with E-state index in [-0.39, 0.29) is 11.2 Å². The molecule has 1 fully saturated rings. The molecule has 1 aromatic rings. The van der Waals surface area contributed by atoms with E-state index < -0.39 is 5.54 Å². The molecule has 1 amide bonds. The van der Waals surface area contributed by atoms with Gasteiger partial charge < -0.3 is 4.90 Å². The van der Waals surface area contributed by atoms with Gasteiger partial charge in [0.15, 0.2) is 5.16 Å². The Bertz CT molecular complexity index is 489. The van der Waals surface area contributed by atoms with Gasteiger partial charge in [0.2, 0.25) is 5.91 Å². The maximum absolute atomic E-state index is 12.5. The number of rotatable bonds is 4. The zero-order chi connectivity index (χ0) is 14.6. The molecule has 1 aliphatic carbocycles. The zero-order valence-electron chi connectivity index (χ0n) is 11.8. The minimum Gasteiger partial charge on any atom is -0.326 e. The molecule has 0 unspecified atom stereocenters. The molecular formula is C13H19N5OS. The molecule has 2 rings (SSSR count). The van der Waals surface area contributed by atoms with Crippen molar-refractivity contribution in [2.24, 2.45) is 0 Å². The minimum atomic E-state index is -0.633. The molecule has 1 heterocycles. The van der Waals surface area contributed by atoms with Gasteiger partial charge in [0, 0.05) is 7.05 Å². The molecule has 0 radical (unpaired) electrons. The van der Waals surface area contributed by atoms with E-state index >= 15 is 0 Å². The average molecular weight is 293 g/mol. The van der Waals surface area contributed by atoms with Crippen molar-refractivity contribution in [3.8, 4) is 6.07 Å². The van der Waals surface area contributed by atoms with E-state index in [0.717, 1.165) is 32.1 Å². The first-order valence-electron chi connectivity index (χ1n) is 6.80. The van der Waals surface area contributed by atoms with E-state index in [4.69, 9.17) is 0 Å². The highest BCUT2D eigenvalue weighted by Crippen LogP contribution is 2.34. The van der Waals surface area contributed by atoms with Crippen LogP contribution in [0.2, 0.25) is 0 Å². The lowest BCUT2D eigenvalue weighted by Crippen LogP contribution is -2.52. The Morgan fingerprint density at radius 2 is 2.25 bits per heavy atom. The lowest BCUT2D eigenvalue weighted by atomic mass is 9.81. The molecular weight excluding hydrogens is 274 g/mol. The Balaban J connectivity index is 2.05. The van der Waals surface area contributed by atoms with Gasteiger partial charge in [0.05, 0.1) is 11.3 Å². The summed E-state index contributed by atoms with van der Waals surface area (Å²) in [5.41, 5.74) is -0.633. The van der Waals surface area contributed by atoms with Crippen molar-refractivity contribution in [1.82, 2.24) is 20.1 Å². The van der Waals surface area contributed by atoms with E-state index in [0.29, 0.717) is 5.16 Å². The maximum Gasteiger partial charge on any atom is 0.236 e. The molecule has 1 saturated carbocycles. The number of aromatic amines is 1. The highest BCUT2D eigenvalue weighted by molar-refractivity contribution is 8.00. The molecule has 0 aliphatic heterocycles. The summed E-state index contributed by atoms with van der Waals surface area (Å²) in [5.74, 6) is -0.0325. The average Bonchev–Trinajstić information content (AvgIpc) is 2.99. The SMILES string of the molecule is C[C@@H](Sc1ncn[nH]1)C(=O)N(C)C1(C#N)CCCCC1. The largest absolute Gasteiger partial charge is 0.326 e. The van der Waals surface area contributed by atoms with Gasteiger partial charge in [-0.25, -0.2) is 4.98 Å². The van der Waals surface area contributed by atoms with Crippen LogP contribution in [0.1, 0.15) is 39.0 Å². The molecule has 6 nitrogen and oxygen atoms in total. The molecule has 0 saturated heterocycles. The summed E-state index contributed by atoms with van der Waals surface area (Å²) >= 11 is 1.33. The smallest absolute Gasteiger partial charge is 0.236 e. The van der Waals surface area contributed by atoms with Gasteiger partial charge in [-0.2, -0.15) is 10.4 Å². The van der Waals surface area contributed by atoms with Crippen LogP contribution in [0.25, 0.3) is 0 Å². The van der Waals surface area contributed by atoms with Crippen LogP contribution in [0.3, 0.4) is 0 Å². The van der Waals surface area contributed by atoms with Crippen LogP contribution in [-0.4, -0.2) is 43.8 Å². The highest BCUT2D eigenvalue weighted by atomic mass is 32.2. The number of hydrogen-bond donors (Lipinski definition) is 1. The van der Waals surface area contributed by atoms with E-state index in [2.05, 4.69) is 21.3 Å². The summed E-state index contributed by atoms with van der Waals surface area (Å²) in [6, 6.07) is 2.37. The van der Waals surface area contributed by atoms with Crippen molar-refractivity contribution in [2.75, 3.05) is 7.05 Å². The third kappa shape index (κ3) is 2.96. The molecule has 1 aromatic heterocycles. The first-order chi connectivity index (χ1) is 9.59. The first-order valence-corrected chi connectivity index (χ1v) is 7.68. The summed E-state index contributed by atoms with van der Waals surface area (Å²) in [5, 5.41) is 16.3. The van der Waals surface area contributed by atoms with Crippen LogP contribution < -0.4 is 0 Å². The topological polar surface area (TPSA) is 85.7 Å². The monoisotopic (exact) mass is 293 g/mol. The molecule has 20 heavy (non-hydrogen) atoms. The second kappa shape index (κ2) is 6.27. The van der Waals surface area contributed by atoms with Gasteiger partial charge >= 0.3 is 0 Å². The minimum absolute atomic E-state index is 0.0325. The highest BCUT2D eigenvalue weighted by Gasteiger charge is 2.40. The molecule has 108 valence electrons. The third-order valence-corrected chi connectivity index (χ3v) is 4.87. The standard InChI is InChI=1S/C13H19N5OS/c1-10(20-12-15-9-16-17-12)11(19)18(2)13(8-14)6-4-3-5-7-13/h9-10H,3-7H2,1-2H3,(H,15,16,17)/t10-/m1/s1. The summed E-state index contributed by atoms with van der Waals surface area (Å²) in [6.07, 6.45) is 6.12. The Hall–Kier alpha value is -1.55. The number of H-pyrrole nitrogens is 1. The van der Waals surface area contributed by atoms with Crippen LogP contribution in [0.5, 0.6) is 0 Å². The van der Waals surface area contributed by atoms with E-state index in [1.807, 2.05) is 6.92 Å². The molecule has 0 bridgehead atoms. The lowest BCUT2D eigenvalue weighted by molar-refractivity contribution is -0.133. The maximum atomic E-state index is 12.5. The van der Waals surface area contributed by atoms with Gasteiger partial charge in [-0.15, -0.1) is 0 Å². The molecule has 0 spiro atoms. The van der Waals surface area contributed by atoms with E-state index in [1.165, 1.54) is 18.1 Å². The van der Waals surface area contributed by atoms with Crippen LogP contribution >= 0.6 is 11.8 Å². The Labute approximate surface area is 122 Å². The van der Waals surface area contributed by atoms with E-state index in [9.17, 15) is 10.1 Å². The van der Waals surface area contributed by atoms with Crippen molar-refractivity contribution in [1.29, 1.82) is 5.26 Å². The number of nitriles is 1. The van der Waals surface area contributed by atoms with Gasteiger partial charge in [-0.1, -0.05) is 31.0 Å². The number of carbonyl (C=O) groups excluding carboxylic acids is 1. The van der Waals surface area contributed by atoms with Crippen molar-refractivity contribution in [2.45, 2.75) is 55.0 Å². The van der Waals surface area contributed by atoms with E-state index in [1.54, 1.807) is 11.9 Å². The second-order valence-corrected chi connectivity index (χ2v) is 6.48. The summed E-state index contributed by atoms with van der Waals surface area (Å²) in [6.45, 7) is 1.83. The van der Waals surface area contributed by atoms with Crippen LogP contribution in [0, 0.1) is 11.3 Å². The number of aromatic nitrogens is 3. The fourth-order valence-electron chi connectivity index (χ4n) is 2.61. The van der Waals surface area contributed by atoms with Crippen LogP contribution in [0.15, 0.2) is 11.5 Å². The van der Waals surface area contributed by atoms with Gasteiger partial charge in [-0.3, -0.25) is 9.89 Å². The van der Waals surface area contributed by atoms with Gasteiger partial charge in [-0.05, 0) is 19.8 Å². The Morgan fingerprint density at radius 3 is 2.80 bits per heavy atom. The molecule has 1 aliphatic rings. The van der Waals surface area contributed by atoms with Crippen molar-refractivity contribution in [3.63, 3.8) is 0 Å². The Morgan fingerprint density at radius 1 is 1.55 bits per heavy atom. The normalized spacial score (nSPS) is 19.1. The fourth-order valence-corrected chi connectivity index (χ4v) is 3.42. The fraction of sp³-hybridized carbons (Fsp3) is 0.692. The zero-order valence-corrected chi connectivity index (χ0v) is 12.6. The van der Waals surface area contributed by atoms with Crippen LogP contribution in [0.4, 0.5) is 0 Å². The van der Waals surface area contributed by atoms with Gasteiger partial charge in [0.25, 0.3) is 0 Å². The number of carbonyl (C=O) groups is 1. The first kappa shape index (κ1) is 14.9. The number of hydrogen-bond acceptors (Lipinski definition) is 5. The molecule has 7 heteroatoms. The molecule has 1 N–H and O–H groups in total. The quantitative estimate of drug-likeness (QED) is 0.858. The molecule has 0 aromatic carbocycles. The Kier molecular flexibility index (Phi) is 4.65. The number of nitrogens with one attached hydrogen (secondary N) is 1. The number of thioether (sulfide) groups is 1. The third-order valence-electron chi connectivity index (χ3n) is 3.89. The summed E-state index contributed by atoms with van der Waals surface area (Å²) < 4.78 is 0. The predicted molar refractivity (Wildman–Crippen MR) is 75.9 cm³/mol. The number of amides is 1. The summed E-state index contributed by atoms with van der Waals surface area (Å²) in [7, 11) is 1.74. The van der Waals surface area contributed by atoms with Crippen molar-refractivity contribution in [3.05, 3.63) is 6.33 Å². The second-order valence-electron chi connectivity index (χ2n) is 5.15. The lowest BCUT2D eigenvalue weighted by Gasteiger charge is -2.39. The van der Waals surface area contributed by atoms with Gasteiger partial charge in [0.1, 0.15) is 11.9 Å². The predicted octanol–water partition coefficient (Wildman–Crippen LogP) is 1.97. The van der Waals surface area contributed by atoms with Crippen molar-refractivity contribution >= 4 is 17.7 Å². The summed E-state index contributed by atoms with van der Waals surface area (Å²) in [4.78, 5) is 18.2. The van der Waals surface area contributed by atoms with Crippen molar-refractivity contribution < 1.29 is 4.79 Å². The van der Waals surface area contributed by atoms with Crippen LogP contribution in [-0.2, 0) is 4.79 Å². The molecule has 1 atom stereocenters.